The van der Waals surface area contributed by atoms with Gasteiger partial charge in [-0.25, -0.2) is 0 Å². The molecule has 1 aromatic rings. The molecule has 1 amide bonds. The first-order valence-corrected chi connectivity index (χ1v) is 5.63. The predicted octanol–water partition coefficient (Wildman–Crippen LogP) is 2.17. The maximum absolute atomic E-state index is 11.8. The summed E-state index contributed by atoms with van der Waals surface area (Å²) in [5.74, 6) is 2.32. The monoisotopic (exact) mass is 280 g/mol. The summed E-state index contributed by atoms with van der Waals surface area (Å²) >= 11 is 3.30. The van der Waals surface area contributed by atoms with E-state index in [1.807, 2.05) is 6.92 Å². The summed E-state index contributed by atoms with van der Waals surface area (Å²) in [6.07, 6.45) is 5.67. The Kier molecular flexibility index (Phi) is 4.39. The highest BCUT2D eigenvalue weighted by Gasteiger charge is 2.12. The van der Waals surface area contributed by atoms with Crippen molar-refractivity contribution in [3.8, 4) is 12.3 Å². The van der Waals surface area contributed by atoms with Gasteiger partial charge in [0, 0.05) is 22.6 Å². The number of carbonyl (C=O) groups is 1. The smallest absolute Gasteiger partial charge is 0.252 e. The summed E-state index contributed by atoms with van der Waals surface area (Å²) in [4.78, 5) is 11.8. The molecule has 0 aliphatic carbocycles. The van der Waals surface area contributed by atoms with Crippen LogP contribution >= 0.6 is 15.9 Å². The number of rotatable bonds is 3. The van der Waals surface area contributed by atoms with Crippen molar-refractivity contribution in [3.63, 3.8) is 0 Å². The summed E-state index contributed by atoms with van der Waals surface area (Å²) in [6.45, 7) is 1.86. The number of carbonyl (C=O) groups excluding carboxylic acids is 1. The first-order valence-electron chi connectivity index (χ1n) is 4.84. The number of nitrogens with one attached hydrogen (secondary N) is 1. The molecule has 0 aromatic heterocycles. The second-order valence-corrected chi connectivity index (χ2v) is 4.38. The van der Waals surface area contributed by atoms with E-state index in [1.165, 1.54) is 0 Å². The van der Waals surface area contributed by atoms with E-state index in [9.17, 15) is 4.79 Å². The third-order valence-corrected chi connectivity index (χ3v) is 2.73. The first-order chi connectivity index (χ1) is 7.54. The SMILES string of the molecule is C#CCC(C)NC(=O)c1cc(N)ccc1Br. The number of nitrogens with two attached hydrogens (primary N) is 1. The van der Waals surface area contributed by atoms with E-state index < -0.39 is 0 Å². The molecule has 0 radical (unpaired) electrons. The Labute approximate surface area is 104 Å². The first kappa shape index (κ1) is 12.6. The second-order valence-electron chi connectivity index (χ2n) is 3.52. The average Bonchev–Trinajstić information content (AvgIpc) is 2.21. The molecule has 0 bridgehead atoms. The van der Waals surface area contributed by atoms with Gasteiger partial charge in [0.05, 0.1) is 5.56 Å². The molecule has 0 aliphatic rings. The zero-order valence-corrected chi connectivity index (χ0v) is 10.5. The number of terminal acetylenes is 1. The average molecular weight is 281 g/mol. The minimum atomic E-state index is -0.179. The van der Waals surface area contributed by atoms with Crippen molar-refractivity contribution in [1.82, 2.24) is 5.32 Å². The van der Waals surface area contributed by atoms with Gasteiger partial charge in [-0.15, -0.1) is 12.3 Å². The fourth-order valence-corrected chi connectivity index (χ4v) is 1.67. The zero-order valence-electron chi connectivity index (χ0n) is 8.96. The van der Waals surface area contributed by atoms with Crippen LogP contribution in [0.25, 0.3) is 0 Å². The van der Waals surface area contributed by atoms with Gasteiger partial charge in [-0.2, -0.15) is 0 Å². The molecule has 0 spiro atoms. The fraction of sp³-hybridized carbons (Fsp3) is 0.250. The van der Waals surface area contributed by atoms with E-state index in [2.05, 4.69) is 27.2 Å². The molecular formula is C12H13BrN2O. The predicted molar refractivity (Wildman–Crippen MR) is 68.9 cm³/mol. The largest absolute Gasteiger partial charge is 0.399 e. The molecule has 1 unspecified atom stereocenters. The van der Waals surface area contributed by atoms with Crippen LogP contribution in [0.5, 0.6) is 0 Å². The highest BCUT2D eigenvalue weighted by Crippen LogP contribution is 2.19. The van der Waals surface area contributed by atoms with E-state index in [0.29, 0.717) is 22.1 Å². The van der Waals surface area contributed by atoms with E-state index in [4.69, 9.17) is 12.2 Å². The minimum absolute atomic E-state index is 0.0502. The molecule has 3 N–H and O–H groups in total. The van der Waals surface area contributed by atoms with Crippen molar-refractivity contribution in [3.05, 3.63) is 28.2 Å². The Bertz CT molecular complexity index is 437. The van der Waals surface area contributed by atoms with E-state index >= 15 is 0 Å². The van der Waals surface area contributed by atoms with Crippen LogP contribution in [0, 0.1) is 12.3 Å². The highest BCUT2D eigenvalue weighted by molar-refractivity contribution is 9.10. The van der Waals surface area contributed by atoms with Crippen LogP contribution in [0.4, 0.5) is 5.69 Å². The van der Waals surface area contributed by atoms with Crippen LogP contribution in [-0.4, -0.2) is 11.9 Å². The number of halogens is 1. The van der Waals surface area contributed by atoms with Gasteiger partial charge >= 0.3 is 0 Å². The minimum Gasteiger partial charge on any atom is -0.399 e. The zero-order chi connectivity index (χ0) is 12.1. The number of benzene rings is 1. The summed E-state index contributed by atoms with van der Waals surface area (Å²) in [7, 11) is 0. The second kappa shape index (κ2) is 5.57. The Morgan fingerprint density at radius 1 is 1.69 bits per heavy atom. The van der Waals surface area contributed by atoms with E-state index in [-0.39, 0.29) is 11.9 Å². The third-order valence-electron chi connectivity index (χ3n) is 2.04. The summed E-state index contributed by atoms with van der Waals surface area (Å²) < 4.78 is 0.715. The molecule has 0 heterocycles. The summed E-state index contributed by atoms with van der Waals surface area (Å²) in [5.41, 5.74) is 6.69. The maximum atomic E-state index is 11.8. The fourth-order valence-electron chi connectivity index (χ4n) is 1.25. The lowest BCUT2D eigenvalue weighted by Gasteiger charge is -2.12. The van der Waals surface area contributed by atoms with Gasteiger partial charge in [-0.1, -0.05) is 0 Å². The van der Waals surface area contributed by atoms with Crippen molar-refractivity contribution in [1.29, 1.82) is 0 Å². The molecule has 0 fully saturated rings. The Hall–Kier alpha value is -1.47. The summed E-state index contributed by atoms with van der Waals surface area (Å²) in [6, 6.07) is 5.05. The van der Waals surface area contributed by atoms with Crippen LogP contribution in [0.1, 0.15) is 23.7 Å². The molecular weight excluding hydrogens is 268 g/mol. The number of nitrogen functional groups attached to an aromatic ring is 1. The molecule has 0 saturated heterocycles. The lowest BCUT2D eigenvalue weighted by Crippen LogP contribution is -2.32. The Morgan fingerprint density at radius 2 is 2.38 bits per heavy atom. The molecule has 16 heavy (non-hydrogen) atoms. The van der Waals surface area contributed by atoms with Crippen molar-refractivity contribution >= 4 is 27.5 Å². The van der Waals surface area contributed by atoms with Gasteiger partial charge in [0.15, 0.2) is 0 Å². The molecule has 4 heteroatoms. The van der Waals surface area contributed by atoms with Crippen molar-refractivity contribution in [2.45, 2.75) is 19.4 Å². The molecule has 84 valence electrons. The van der Waals surface area contributed by atoms with Crippen molar-refractivity contribution < 1.29 is 4.79 Å². The lowest BCUT2D eigenvalue weighted by atomic mass is 10.1. The molecule has 3 nitrogen and oxygen atoms in total. The van der Waals surface area contributed by atoms with Crippen LogP contribution < -0.4 is 11.1 Å². The lowest BCUT2D eigenvalue weighted by molar-refractivity contribution is 0.0940. The molecule has 1 aromatic carbocycles. The molecule has 1 atom stereocenters. The van der Waals surface area contributed by atoms with Gasteiger partial charge < -0.3 is 11.1 Å². The van der Waals surface area contributed by atoms with Crippen LogP contribution in [-0.2, 0) is 0 Å². The van der Waals surface area contributed by atoms with Gasteiger partial charge in [0.25, 0.3) is 5.91 Å². The number of amides is 1. The molecule has 1 rings (SSSR count). The topological polar surface area (TPSA) is 55.1 Å². The third kappa shape index (κ3) is 3.28. The van der Waals surface area contributed by atoms with Crippen molar-refractivity contribution in [2.24, 2.45) is 0 Å². The molecule has 0 aliphatic heterocycles. The standard InChI is InChI=1S/C12H13BrN2O/c1-3-4-8(2)15-12(16)10-7-9(14)5-6-11(10)13/h1,5-8H,4,14H2,2H3,(H,15,16). The van der Waals surface area contributed by atoms with Crippen molar-refractivity contribution in [2.75, 3.05) is 5.73 Å². The number of anilines is 1. The van der Waals surface area contributed by atoms with Gasteiger partial charge in [-0.05, 0) is 41.1 Å². The molecule has 0 saturated carbocycles. The van der Waals surface area contributed by atoms with E-state index in [1.54, 1.807) is 18.2 Å². The summed E-state index contributed by atoms with van der Waals surface area (Å²) in [5, 5.41) is 2.80. The van der Waals surface area contributed by atoms with Crippen LogP contribution in [0.15, 0.2) is 22.7 Å². The normalized spacial score (nSPS) is 11.6. The van der Waals surface area contributed by atoms with Gasteiger partial charge in [0.1, 0.15) is 0 Å². The Morgan fingerprint density at radius 3 is 3.00 bits per heavy atom. The van der Waals surface area contributed by atoms with E-state index in [0.717, 1.165) is 0 Å². The van der Waals surface area contributed by atoms with Crippen LogP contribution in [0.3, 0.4) is 0 Å². The highest BCUT2D eigenvalue weighted by atomic mass is 79.9. The Balaban J connectivity index is 2.81. The van der Waals surface area contributed by atoms with Gasteiger partial charge in [-0.3, -0.25) is 4.79 Å². The van der Waals surface area contributed by atoms with Gasteiger partial charge in [0.2, 0.25) is 0 Å². The van der Waals surface area contributed by atoms with Crippen LogP contribution in [0.2, 0.25) is 0 Å². The number of hydrogen-bond acceptors (Lipinski definition) is 2. The maximum Gasteiger partial charge on any atom is 0.252 e. The number of hydrogen-bond donors (Lipinski definition) is 2. The quantitative estimate of drug-likeness (QED) is 0.659.